The summed E-state index contributed by atoms with van der Waals surface area (Å²) < 4.78 is 33.4. The summed E-state index contributed by atoms with van der Waals surface area (Å²) in [6.07, 6.45) is 0. The van der Waals surface area contributed by atoms with Crippen molar-refractivity contribution >= 4 is 38.3 Å². The van der Waals surface area contributed by atoms with E-state index in [9.17, 15) is 18.5 Å². The number of ether oxygens (including phenoxy) is 1. The van der Waals surface area contributed by atoms with E-state index in [2.05, 4.69) is 4.98 Å². The Bertz CT molecular complexity index is 1190. The SMILES string of the molecule is CCn1c(COc2ccc(Cl)cc2[N+](=O)[O-])nc2cc(S(=O)(=O)N(C)C)ccc21. The van der Waals surface area contributed by atoms with Crippen LogP contribution in [0.15, 0.2) is 41.3 Å². The van der Waals surface area contributed by atoms with Gasteiger partial charge in [-0.3, -0.25) is 10.1 Å². The van der Waals surface area contributed by atoms with Crippen molar-refractivity contribution in [1.29, 1.82) is 0 Å². The molecule has 1 heterocycles. The lowest BCUT2D eigenvalue weighted by Crippen LogP contribution is -2.22. The molecule has 1 aromatic heterocycles. The quantitative estimate of drug-likeness (QED) is 0.413. The highest BCUT2D eigenvalue weighted by Gasteiger charge is 2.21. The smallest absolute Gasteiger partial charge is 0.312 e. The molecule has 0 saturated carbocycles. The molecular formula is C18H19ClN4O5S. The normalized spacial score (nSPS) is 11.9. The summed E-state index contributed by atoms with van der Waals surface area (Å²) in [6.45, 7) is 2.46. The van der Waals surface area contributed by atoms with E-state index in [4.69, 9.17) is 16.3 Å². The average molecular weight is 439 g/mol. The number of halogens is 1. The molecule has 0 aliphatic heterocycles. The van der Waals surface area contributed by atoms with Crippen LogP contribution >= 0.6 is 11.6 Å². The Balaban J connectivity index is 1.97. The number of hydrogen-bond donors (Lipinski definition) is 0. The van der Waals surface area contributed by atoms with Crippen molar-refractivity contribution in [1.82, 2.24) is 13.9 Å². The van der Waals surface area contributed by atoms with Crippen molar-refractivity contribution in [3.8, 4) is 5.75 Å². The van der Waals surface area contributed by atoms with Crippen molar-refractivity contribution in [3.63, 3.8) is 0 Å². The number of aromatic nitrogens is 2. The highest BCUT2D eigenvalue weighted by atomic mass is 35.5. The van der Waals surface area contributed by atoms with E-state index >= 15 is 0 Å². The lowest BCUT2D eigenvalue weighted by Gasteiger charge is -2.11. The standard InChI is InChI=1S/C18H19ClN4O5S/c1-4-22-15-7-6-13(29(26,27)21(2)3)10-14(15)20-18(22)11-28-17-8-5-12(19)9-16(17)23(24)25/h5-10H,4,11H2,1-3H3. The van der Waals surface area contributed by atoms with E-state index in [0.29, 0.717) is 17.9 Å². The van der Waals surface area contributed by atoms with Gasteiger partial charge in [0.1, 0.15) is 12.4 Å². The maximum atomic E-state index is 12.4. The van der Waals surface area contributed by atoms with Crippen LogP contribution in [0.5, 0.6) is 5.75 Å². The predicted molar refractivity (Wildman–Crippen MR) is 109 cm³/mol. The minimum atomic E-state index is -3.59. The summed E-state index contributed by atoms with van der Waals surface area (Å²) in [4.78, 5) is 15.3. The lowest BCUT2D eigenvalue weighted by molar-refractivity contribution is -0.385. The first-order valence-electron chi connectivity index (χ1n) is 8.63. The summed E-state index contributed by atoms with van der Waals surface area (Å²) >= 11 is 5.82. The molecule has 3 aromatic rings. The van der Waals surface area contributed by atoms with Gasteiger partial charge in [-0.15, -0.1) is 0 Å². The summed E-state index contributed by atoms with van der Waals surface area (Å²) in [7, 11) is -0.666. The number of imidazole rings is 1. The fraction of sp³-hybridized carbons (Fsp3) is 0.278. The number of sulfonamides is 1. The van der Waals surface area contributed by atoms with Crippen molar-refractivity contribution < 1.29 is 18.1 Å². The monoisotopic (exact) mass is 438 g/mol. The number of rotatable bonds is 7. The number of benzene rings is 2. The Hall–Kier alpha value is -2.69. The van der Waals surface area contributed by atoms with Gasteiger partial charge in [0.25, 0.3) is 0 Å². The summed E-state index contributed by atoms with van der Waals surface area (Å²) in [5.41, 5.74) is 1.00. The van der Waals surface area contributed by atoms with Crippen LogP contribution < -0.4 is 4.74 Å². The van der Waals surface area contributed by atoms with Gasteiger partial charge in [0.15, 0.2) is 5.75 Å². The molecule has 0 aliphatic carbocycles. The van der Waals surface area contributed by atoms with Crippen LogP contribution in [0.2, 0.25) is 5.02 Å². The zero-order valence-corrected chi connectivity index (χ0v) is 17.6. The third kappa shape index (κ3) is 4.04. The number of aryl methyl sites for hydroxylation is 1. The maximum Gasteiger partial charge on any atom is 0.312 e. The molecular weight excluding hydrogens is 420 g/mol. The van der Waals surface area contributed by atoms with Gasteiger partial charge in [-0.1, -0.05) is 11.6 Å². The first kappa shape index (κ1) is 21.0. The van der Waals surface area contributed by atoms with Crippen molar-refractivity contribution in [2.75, 3.05) is 14.1 Å². The van der Waals surface area contributed by atoms with Crippen LogP contribution in [0.3, 0.4) is 0 Å². The molecule has 0 unspecified atom stereocenters. The second kappa shape index (κ2) is 7.97. The highest BCUT2D eigenvalue weighted by Crippen LogP contribution is 2.31. The van der Waals surface area contributed by atoms with Gasteiger partial charge < -0.3 is 9.30 Å². The molecule has 0 fully saturated rings. The molecule has 0 bridgehead atoms. The summed E-state index contributed by atoms with van der Waals surface area (Å²) in [6, 6.07) is 8.88. The first-order valence-corrected chi connectivity index (χ1v) is 10.5. The maximum absolute atomic E-state index is 12.4. The average Bonchev–Trinajstić information content (AvgIpc) is 3.03. The topological polar surface area (TPSA) is 108 Å². The van der Waals surface area contributed by atoms with Gasteiger partial charge in [0.05, 0.1) is 20.9 Å². The van der Waals surface area contributed by atoms with Gasteiger partial charge in [-0.25, -0.2) is 17.7 Å². The molecule has 0 atom stereocenters. The molecule has 3 rings (SSSR count). The third-order valence-electron chi connectivity index (χ3n) is 4.37. The number of nitro groups is 1. The molecule has 0 aliphatic rings. The van der Waals surface area contributed by atoms with Gasteiger partial charge in [0, 0.05) is 31.7 Å². The summed E-state index contributed by atoms with van der Waals surface area (Å²) in [5.74, 6) is 0.594. The fourth-order valence-electron chi connectivity index (χ4n) is 2.89. The Morgan fingerprint density at radius 3 is 2.59 bits per heavy atom. The minimum absolute atomic E-state index is 0.0270. The van der Waals surface area contributed by atoms with Crippen LogP contribution in [-0.4, -0.2) is 41.3 Å². The Labute approximate surface area is 172 Å². The van der Waals surface area contributed by atoms with Crippen molar-refractivity contribution in [2.45, 2.75) is 25.0 Å². The number of hydrogen-bond acceptors (Lipinski definition) is 6. The molecule has 2 aromatic carbocycles. The van der Waals surface area contributed by atoms with Gasteiger partial charge in [-0.2, -0.15) is 0 Å². The second-order valence-electron chi connectivity index (χ2n) is 6.37. The van der Waals surface area contributed by atoms with Crippen molar-refractivity contribution in [3.05, 3.63) is 57.4 Å². The van der Waals surface area contributed by atoms with E-state index in [1.807, 2.05) is 11.5 Å². The van der Waals surface area contributed by atoms with E-state index in [1.165, 1.54) is 44.4 Å². The van der Waals surface area contributed by atoms with Crippen molar-refractivity contribution in [2.24, 2.45) is 0 Å². The van der Waals surface area contributed by atoms with E-state index < -0.39 is 14.9 Å². The molecule has 0 spiro atoms. The molecule has 9 nitrogen and oxygen atoms in total. The molecule has 0 radical (unpaired) electrons. The molecule has 154 valence electrons. The third-order valence-corrected chi connectivity index (χ3v) is 6.41. The zero-order chi connectivity index (χ0) is 21.3. The van der Waals surface area contributed by atoms with Gasteiger partial charge in [-0.05, 0) is 37.3 Å². The van der Waals surface area contributed by atoms with Gasteiger partial charge >= 0.3 is 5.69 Å². The number of nitrogens with zero attached hydrogens (tertiary/aromatic N) is 4. The van der Waals surface area contributed by atoms with Crippen LogP contribution in [0.1, 0.15) is 12.7 Å². The highest BCUT2D eigenvalue weighted by molar-refractivity contribution is 7.89. The van der Waals surface area contributed by atoms with Crippen LogP contribution in [-0.2, 0) is 23.2 Å². The molecule has 0 N–H and O–H groups in total. The number of fused-ring (bicyclic) bond motifs is 1. The largest absolute Gasteiger partial charge is 0.479 e. The van der Waals surface area contributed by atoms with Crippen LogP contribution in [0.4, 0.5) is 5.69 Å². The minimum Gasteiger partial charge on any atom is -0.479 e. The van der Waals surface area contributed by atoms with E-state index in [0.717, 1.165) is 9.82 Å². The van der Waals surface area contributed by atoms with Crippen LogP contribution in [0, 0.1) is 10.1 Å². The Morgan fingerprint density at radius 2 is 1.97 bits per heavy atom. The Morgan fingerprint density at radius 1 is 1.24 bits per heavy atom. The zero-order valence-electron chi connectivity index (χ0n) is 16.0. The second-order valence-corrected chi connectivity index (χ2v) is 8.96. The van der Waals surface area contributed by atoms with Crippen LogP contribution in [0.25, 0.3) is 11.0 Å². The molecule has 29 heavy (non-hydrogen) atoms. The molecule has 0 saturated heterocycles. The van der Waals surface area contributed by atoms with E-state index in [1.54, 1.807) is 6.07 Å². The first-order chi connectivity index (χ1) is 13.6. The molecule has 0 amide bonds. The number of nitro benzene ring substituents is 1. The van der Waals surface area contributed by atoms with Gasteiger partial charge in [0.2, 0.25) is 10.0 Å². The lowest BCUT2D eigenvalue weighted by atomic mass is 10.3. The fourth-order valence-corrected chi connectivity index (χ4v) is 3.98. The Kier molecular flexibility index (Phi) is 5.78. The van der Waals surface area contributed by atoms with E-state index in [-0.39, 0.29) is 28.0 Å². The summed E-state index contributed by atoms with van der Waals surface area (Å²) in [5, 5.41) is 11.5. The predicted octanol–water partition coefficient (Wildman–Crippen LogP) is 3.45. The molecule has 11 heteroatoms.